The normalized spacial score (nSPS) is 11.7. The molecule has 0 bridgehead atoms. The SMILES string of the molecule is CCCC(NCCCOc1cccc2ccccc12)C(=O)O.Cl. The smallest absolute Gasteiger partial charge is 0.320 e. The van der Waals surface area contributed by atoms with Crippen molar-refractivity contribution in [1.29, 1.82) is 0 Å². The van der Waals surface area contributed by atoms with Crippen LogP contribution < -0.4 is 10.1 Å². The minimum Gasteiger partial charge on any atom is -0.493 e. The van der Waals surface area contributed by atoms with Gasteiger partial charge in [0, 0.05) is 5.39 Å². The van der Waals surface area contributed by atoms with Crippen molar-refractivity contribution in [3.05, 3.63) is 42.5 Å². The highest BCUT2D eigenvalue weighted by atomic mass is 35.5. The van der Waals surface area contributed by atoms with E-state index in [9.17, 15) is 4.79 Å². The highest BCUT2D eigenvalue weighted by molar-refractivity contribution is 5.88. The Morgan fingerprint density at radius 1 is 1.22 bits per heavy atom. The van der Waals surface area contributed by atoms with Crippen molar-refractivity contribution in [2.75, 3.05) is 13.2 Å². The van der Waals surface area contributed by atoms with E-state index in [2.05, 4.69) is 17.4 Å². The van der Waals surface area contributed by atoms with Crippen molar-refractivity contribution < 1.29 is 14.6 Å². The number of hydrogen-bond donors (Lipinski definition) is 2. The Labute approximate surface area is 143 Å². The van der Waals surface area contributed by atoms with Crippen LogP contribution in [-0.2, 0) is 4.79 Å². The maximum absolute atomic E-state index is 11.0. The molecule has 2 aromatic carbocycles. The molecule has 0 saturated heterocycles. The number of hydrogen-bond acceptors (Lipinski definition) is 3. The number of nitrogens with one attached hydrogen (secondary N) is 1. The summed E-state index contributed by atoms with van der Waals surface area (Å²) < 4.78 is 5.83. The molecular weight excluding hydrogens is 314 g/mol. The van der Waals surface area contributed by atoms with Gasteiger partial charge in [-0.25, -0.2) is 0 Å². The van der Waals surface area contributed by atoms with Crippen molar-refractivity contribution in [1.82, 2.24) is 5.32 Å². The summed E-state index contributed by atoms with van der Waals surface area (Å²) in [6.45, 7) is 3.20. The molecule has 0 saturated carbocycles. The Bertz CT molecular complexity index is 613. The van der Waals surface area contributed by atoms with E-state index in [0.717, 1.165) is 29.4 Å². The quantitative estimate of drug-likeness (QED) is 0.682. The van der Waals surface area contributed by atoms with Gasteiger partial charge in [-0.15, -0.1) is 12.4 Å². The first-order valence-electron chi connectivity index (χ1n) is 7.79. The second-order valence-electron chi connectivity index (χ2n) is 5.31. The second-order valence-corrected chi connectivity index (χ2v) is 5.31. The fourth-order valence-electron chi connectivity index (χ4n) is 2.45. The van der Waals surface area contributed by atoms with Gasteiger partial charge in [0.2, 0.25) is 0 Å². The highest BCUT2D eigenvalue weighted by Gasteiger charge is 2.14. The minimum atomic E-state index is -0.781. The van der Waals surface area contributed by atoms with Gasteiger partial charge in [0.1, 0.15) is 11.8 Å². The Balaban J connectivity index is 0.00000264. The molecule has 2 aromatic rings. The van der Waals surface area contributed by atoms with Crippen molar-refractivity contribution in [3.63, 3.8) is 0 Å². The lowest BCUT2D eigenvalue weighted by Gasteiger charge is -2.14. The zero-order valence-electron chi connectivity index (χ0n) is 13.3. The molecule has 126 valence electrons. The summed E-state index contributed by atoms with van der Waals surface area (Å²) in [6.07, 6.45) is 2.28. The third-order valence-electron chi connectivity index (χ3n) is 3.59. The third kappa shape index (κ3) is 5.73. The largest absolute Gasteiger partial charge is 0.493 e. The Morgan fingerprint density at radius 3 is 2.70 bits per heavy atom. The molecule has 1 atom stereocenters. The summed E-state index contributed by atoms with van der Waals surface area (Å²) >= 11 is 0. The molecule has 0 aromatic heterocycles. The van der Waals surface area contributed by atoms with E-state index in [1.807, 2.05) is 37.3 Å². The number of halogens is 1. The van der Waals surface area contributed by atoms with Gasteiger partial charge in [0.25, 0.3) is 0 Å². The molecule has 23 heavy (non-hydrogen) atoms. The van der Waals surface area contributed by atoms with Crippen LogP contribution >= 0.6 is 12.4 Å². The van der Waals surface area contributed by atoms with Gasteiger partial charge in [-0.05, 0) is 30.8 Å². The number of carboxylic acid groups (broad SMARTS) is 1. The summed E-state index contributed by atoms with van der Waals surface area (Å²) in [4.78, 5) is 11.0. The molecule has 0 spiro atoms. The molecule has 0 aliphatic heterocycles. The maximum Gasteiger partial charge on any atom is 0.320 e. The van der Waals surface area contributed by atoms with Crippen LogP contribution in [0.5, 0.6) is 5.75 Å². The Morgan fingerprint density at radius 2 is 1.96 bits per heavy atom. The van der Waals surface area contributed by atoms with E-state index in [4.69, 9.17) is 9.84 Å². The molecule has 5 heteroatoms. The van der Waals surface area contributed by atoms with E-state index in [-0.39, 0.29) is 12.4 Å². The van der Waals surface area contributed by atoms with E-state index in [1.54, 1.807) is 0 Å². The van der Waals surface area contributed by atoms with Gasteiger partial charge in [-0.1, -0.05) is 49.7 Å². The maximum atomic E-state index is 11.0. The van der Waals surface area contributed by atoms with Gasteiger partial charge in [-0.2, -0.15) is 0 Å². The average Bonchev–Trinajstić information content (AvgIpc) is 2.53. The zero-order valence-corrected chi connectivity index (χ0v) is 14.1. The van der Waals surface area contributed by atoms with Crippen LogP contribution in [0.15, 0.2) is 42.5 Å². The van der Waals surface area contributed by atoms with Crippen molar-refractivity contribution in [2.45, 2.75) is 32.2 Å². The number of rotatable bonds is 9. The minimum absolute atomic E-state index is 0. The van der Waals surface area contributed by atoms with Crippen LogP contribution in [0.3, 0.4) is 0 Å². The lowest BCUT2D eigenvalue weighted by molar-refractivity contribution is -0.139. The first-order valence-corrected chi connectivity index (χ1v) is 7.79. The third-order valence-corrected chi connectivity index (χ3v) is 3.59. The van der Waals surface area contributed by atoms with E-state index >= 15 is 0 Å². The average molecular weight is 338 g/mol. The molecule has 0 aliphatic rings. The predicted octanol–water partition coefficient (Wildman–Crippen LogP) is 3.87. The Kier molecular flexibility index (Phi) is 8.45. The van der Waals surface area contributed by atoms with Gasteiger partial charge >= 0.3 is 5.97 Å². The van der Waals surface area contributed by atoms with Crippen LogP contribution in [-0.4, -0.2) is 30.3 Å². The summed E-state index contributed by atoms with van der Waals surface area (Å²) in [5.41, 5.74) is 0. The van der Waals surface area contributed by atoms with Gasteiger partial charge < -0.3 is 15.2 Å². The number of carboxylic acids is 1. The molecule has 0 amide bonds. The van der Waals surface area contributed by atoms with Gasteiger partial charge in [-0.3, -0.25) is 4.79 Å². The molecule has 2 rings (SSSR count). The Hall–Kier alpha value is -1.78. The molecule has 4 nitrogen and oxygen atoms in total. The van der Waals surface area contributed by atoms with Crippen molar-refractivity contribution in [2.24, 2.45) is 0 Å². The number of aliphatic carboxylic acids is 1. The van der Waals surface area contributed by atoms with Gasteiger partial charge in [0.05, 0.1) is 6.61 Å². The van der Waals surface area contributed by atoms with E-state index in [0.29, 0.717) is 19.6 Å². The first kappa shape index (κ1) is 19.3. The van der Waals surface area contributed by atoms with Crippen LogP contribution in [0.1, 0.15) is 26.2 Å². The summed E-state index contributed by atoms with van der Waals surface area (Å²) in [6, 6.07) is 13.7. The fourth-order valence-corrected chi connectivity index (χ4v) is 2.45. The fraction of sp³-hybridized carbons (Fsp3) is 0.389. The molecule has 2 N–H and O–H groups in total. The van der Waals surface area contributed by atoms with E-state index in [1.165, 1.54) is 0 Å². The van der Waals surface area contributed by atoms with Crippen LogP contribution in [0.2, 0.25) is 0 Å². The molecule has 1 unspecified atom stereocenters. The standard InChI is InChI=1S/C18H23NO3.ClH/c1-2-7-16(18(20)21)19-12-6-13-22-17-11-5-9-14-8-3-4-10-15(14)17;/h3-5,8-11,16,19H,2,6-7,12-13H2,1H3,(H,20,21);1H. The molecule has 0 fully saturated rings. The second kappa shape index (κ2) is 10.1. The number of benzene rings is 2. The van der Waals surface area contributed by atoms with Crippen molar-refractivity contribution >= 4 is 29.1 Å². The van der Waals surface area contributed by atoms with E-state index < -0.39 is 12.0 Å². The molecule has 0 radical (unpaired) electrons. The summed E-state index contributed by atoms with van der Waals surface area (Å²) in [7, 11) is 0. The van der Waals surface area contributed by atoms with Crippen LogP contribution in [0, 0.1) is 0 Å². The van der Waals surface area contributed by atoms with Crippen molar-refractivity contribution in [3.8, 4) is 5.75 Å². The lowest BCUT2D eigenvalue weighted by Crippen LogP contribution is -2.37. The topological polar surface area (TPSA) is 58.6 Å². The number of ether oxygens (including phenoxy) is 1. The molecule has 0 heterocycles. The summed E-state index contributed by atoms with van der Waals surface area (Å²) in [5, 5.41) is 14.4. The van der Waals surface area contributed by atoms with Gasteiger partial charge in [0.15, 0.2) is 0 Å². The molecular formula is C18H24ClNO3. The van der Waals surface area contributed by atoms with Crippen LogP contribution in [0.4, 0.5) is 0 Å². The predicted molar refractivity (Wildman–Crippen MR) is 95.6 cm³/mol. The monoisotopic (exact) mass is 337 g/mol. The number of fused-ring (bicyclic) bond motifs is 1. The zero-order chi connectivity index (χ0) is 15.8. The first-order chi connectivity index (χ1) is 10.7. The highest BCUT2D eigenvalue weighted by Crippen LogP contribution is 2.25. The lowest BCUT2D eigenvalue weighted by atomic mass is 10.1. The van der Waals surface area contributed by atoms with Crippen LogP contribution in [0.25, 0.3) is 10.8 Å². The number of carbonyl (C=O) groups is 1. The molecule has 0 aliphatic carbocycles. The summed E-state index contributed by atoms with van der Waals surface area (Å²) in [5.74, 6) is 0.0956.